The van der Waals surface area contributed by atoms with E-state index in [0.29, 0.717) is 23.5 Å². The lowest BCUT2D eigenvalue weighted by Crippen LogP contribution is -2.68. The summed E-state index contributed by atoms with van der Waals surface area (Å²) in [5.74, 6) is -4.49. The fraction of sp³-hybridized carbons (Fsp3) is 0.467. The van der Waals surface area contributed by atoms with E-state index < -0.39 is 72.9 Å². The molecular weight excluding hydrogens is 594 g/mol. The Morgan fingerprint density at radius 2 is 1.73 bits per heavy atom. The number of ether oxygens (including phenoxy) is 2. The molecule has 1 aliphatic rings. The van der Waals surface area contributed by atoms with E-state index in [1.54, 1.807) is 24.3 Å². The van der Waals surface area contributed by atoms with Gasteiger partial charge in [-0.1, -0.05) is 42.5 Å². The Labute approximate surface area is 259 Å². The normalized spacial score (nSPS) is 22.9. The van der Waals surface area contributed by atoms with Gasteiger partial charge in [-0.3, -0.25) is 14.4 Å². The summed E-state index contributed by atoms with van der Waals surface area (Å²) in [5, 5.41) is 47.6. The predicted octanol–water partition coefficient (Wildman–Crippen LogP) is 0.256. The van der Waals surface area contributed by atoms with Crippen LogP contribution in [-0.4, -0.2) is 105 Å². The summed E-state index contributed by atoms with van der Waals surface area (Å²) in [4.78, 5) is 47.8. The first-order valence-electron chi connectivity index (χ1n) is 14.1. The fourth-order valence-electron chi connectivity index (χ4n) is 4.71. The van der Waals surface area contributed by atoms with Crippen LogP contribution in [0.3, 0.4) is 0 Å². The third-order valence-corrected chi connectivity index (χ3v) is 8.06. The molecule has 3 amide bonds. The Morgan fingerprint density at radius 3 is 2.34 bits per heavy atom. The molecule has 0 radical (unpaired) electrons. The van der Waals surface area contributed by atoms with Gasteiger partial charge in [-0.15, -0.1) is 0 Å². The highest BCUT2D eigenvalue weighted by molar-refractivity contribution is 7.99. The second kappa shape index (κ2) is 16.5. The number of carboxylic acids is 1. The zero-order chi connectivity index (χ0) is 32.3. The van der Waals surface area contributed by atoms with Crippen molar-refractivity contribution in [2.45, 2.75) is 62.4 Å². The van der Waals surface area contributed by atoms with Gasteiger partial charge in [0.15, 0.2) is 0 Å². The minimum Gasteiger partial charge on any atom is -0.477 e. The van der Waals surface area contributed by atoms with Crippen LogP contribution in [-0.2, 0) is 23.9 Å². The fourth-order valence-corrected chi connectivity index (χ4v) is 5.58. The van der Waals surface area contributed by atoms with Crippen molar-refractivity contribution in [3.63, 3.8) is 0 Å². The zero-order valence-electron chi connectivity index (χ0n) is 24.3. The highest BCUT2D eigenvalue weighted by atomic mass is 32.2. The van der Waals surface area contributed by atoms with Gasteiger partial charge in [0.25, 0.3) is 11.7 Å². The number of hydrogen-bond acceptors (Lipinski definition) is 10. The molecule has 0 aromatic heterocycles. The Hall–Kier alpha value is -3.53. The van der Waals surface area contributed by atoms with Gasteiger partial charge in [-0.05, 0) is 35.4 Å². The van der Waals surface area contributed by atoms with Crippen molar-refractivity contribution in [2.24, 2.45) is 5.73 Å². The summed E-state index contributed by atoms with van der Waals surface area (Å²) in [7, 11) is 0. The van der Waals surface area contributed by atoms with Crippen LogP contribution in [0, 0.1) is 0 Å². The summed E-state index contributed by atoms with van der Waals surface area (Å²) >= 11 is 1.42. The summed E-state index contributed by atoms with van der Waals surface area (Å²) in [6.07, 6.45) is -6.68. The van der Waals surface area contributed by atoms with E-state index >= 15 is 0 Å². The number of carboxylic acid groups (broad SMARTS) is 1. The number of thioether (sulfide) groups is 1. The summed E-state index contributed by atoms with van der Waals surface area (Å²) in [5.41, 5.74) is 7.29. The molecule has 240 valence electrons. The van der Waals surface area contributed by atoms with Crippen molar-refractivity contribution in [1.82, 2.24) is 10.6 Å². The Kier molecular flexibility index (Phi) is 13.1. The molecule has 14 heteroatoms. The number of aliphatic hydroxyl groups is 3. The molecule has 1 unspecified atom stereocenters. The molecule has 0 spiro atoms. The minimum absolute atomic E-state index is 0.0993. The SMILES string of the molecule is CC(=O)N[C@H]1C([C@H](O)[C@H](O)CNC(=O)c2ccc(-c3ccccc3)cc2)O[C@@](OCCCSCCC(N)=O)(C(=O)O)C[C@@H]1O. The van der Waals surface area contributed by atoms with Crippen molar-refractivity contribution in [3.8, 4) is 11.1 Å². The molecule has 3 rings (SSSR count). The molecule has 1 heterocycles. The number of rotatable bonds is 16. The Morgan fingerprint density at radius 1 is 1.07 bits per heavy atom. The van der Waals surface area contributed by atoms with Crippen molar-refractivity contribution in [2.75, 3.05) is 24.7 Å². The number of hydrogen-bond donors (Lipinski definition) is 7. The molecule has 0 aliphatic carbocycles. The molecule has 2 aromatic rings. The molecule has 1 fully saturated rings. The average molecular weight is 634 g/mol. The number of amides is 3. The van der Waals surface area contributed by atoms with Gasteiger partial charge in [-0.2, -0.15) is 11.8 Å². The minimum atomic E-state index is -2.39. The second-order valence-electron chi connectivity index (χ2n) is 10.4. The van der Waals surface area contributed by atoms with E-state index in [2.05, 4.69) is 10.6 Å². The molecule has 1 aliphatic heterocycles. The van der Waals surface area contributed by atoms with Crippen LogP contribution < -0.4 is 16.4 Å². The van der Waals surface area contributed by atoms with E-state index in [1.807, 2.05) is 30.3 Å². The number of carbonyl (C=O) groups is 4. The van der Waals surface area contributed by atoms with Crippen LogP contribution in [0.2, 0.25) is 0 Å². The van der Waals surface area contributed by atoms with E-state index in [-0.39, 0.29) is 13.0 Å². The standard InChI is InChI=1S/C30H39N3O10S/c1-18(34)33-25-22(35)16-30(29(40)41,42-13-5-14-44-15-12-24(31)37)43-27(25)26(38)23(36)17-32-28(39)21-10-8-20(9-11-21)19-6-3-2-4-7-19/h2-4,6-11,22-23,25-27,35-36,38H,5,12-17H2,1H3,(H2,31,37)(H,32,39)(H,33,34)(H,40,41)/t22-,23+,25+,26+,27?,30+/m0/s1. The van der Waals surface area contributed by atoms with Crippen LogP contribution in [0.4, 0.5) is 0 Å². The first-order valence-corrected chi connectivity index (χ1v) is 15.2. The van der Waals surface area contributed by atoms with Gasteiger partial charge < -0.3 is 46.3 Å². The molecule has 44 heavy (non-hydrogen) atoms. The van der Waals surface area contributed by atoms with E-state index in [4.69, 9.17) is 15.2 Å². The van der Waals surface area contributed by atoms with Crippen LogP contribution in [0.15, 0.2) is 54.6 Å². The van der Waals surface area contributed by atoms with Crippen LogP contribution in [0.5, 0.6) is 0 Å². The topological polar surface area (TPSA) is 218 Å². The Balaban J connectivity index is 1.65. The third-order valence-electron chi connectivity index (χ3n) is 6.99. The maximum atomic E-state index is 12.7. The maximum Gasteiger partial charge on any atom is 0.364 e. The molecule has 1 saturated heterocycles. The highest BCUT2D eigenvalue weighted by Gasteiger charge is 2.55. The van der Waals surface area contributed by atoms with Gasteiger partial charge in [0.05, 0.1) is 24.9 Å². The third kappa shape index (κ3) is 9.74. The monoisotopic (exact) mass is 633 g/mol. The number of aliphatic carboxylic acids is 1. The van der Waals surface area contributed by atoms with Crippen LogP contribution in [0.1, 0.15) is 36.5 Å². The first-order chi connectivity index (χ1) is 20.9. The number of carbonyl (C=O) groups excluding carboxylic acids is 3. The number of primary amides is 1. The molecule has 0 bridgehead atoms. The van der Waals surface area contributed by atoms with Crippen LogP contribution >= 0.6 is 11.8 Å². The van der Waals surface area contributed by atoms with E-state index in [1.165, 1.54) is 18.7 Å². The summed E-state index contributed by atoms with van der Waals surface area (Å²) in [6, 6.07) is 15.0. The molecule has 13 nitrogen and oxygen atoms in total. The number of nitrogens with two attached hydrogens (primary N) is 1. The highest BCUT2D eigenvalue weighted by Crippen LogP contribution is 2.34. The lowest BCUT2D eigenvalue weighted by Gasteiger charge is -2.46. The van der Waals surface area contributed by atoms with Gasteiger partial charge in [0, 0.05) is 37.6 Å². The van der Waals surface area contributed by atoms with Gasteiger partial charge >= 0.3 is 5.97 Å². The molecule has 0 saturated carbocycles. The zero-order valence-corrected chi connectivity index (χ0v) is 25.1. The lowest BCUT2D eigenvalue weighted by molar-refractivity contribution is -0.310. The quantitative estimate of drug-likeness (QED) is 0.124. The van der Waals surface area contributed by atoms with Crippen molar-refractivity contribution >= 4 is 35.5 Å². The predicted molar refractivity (Wildman–Crippen MR) is 161 cm³/mol. The lowest BCUT2D eigenvalue weighted by atomic mass is 9.88. The molecule has 8 N–H and O–H groups in total. The van der Waals surface area contributed by atoms with E-state index in [9.17, 15) is 39.6 Å². The molecular formula is C30H39N3O10S. The van der Waals surface area contributed by atoms with Gasteiger partial charge in [0.1, 0.15) is 12.2 Å². The van der Waals surface area contributed by atoms with Crippen molar-refractivity contribution in [1.29, 1.82) is 0 Å². The van der Waals surface area contributed by atoms with Gasteiger partial charge in [-0.25, -0.2) is 4.79 Å². The number of benzene rings is 2. The summed E-state index contributed by atoms with van der Waals surface area (Å²) < 4.78 is 11.3. The molecule has 2 aromatic carbocycles. The average Bonchev–Trinajstić information content (AvgIpc) is 3.00. The number of nitrogens with one attached hydrogen (secondary N) is 2. The smallest absolute Gasteiger partial charge is 0.364 e. The van der Waals surface area contributed by atoms with Crippen LogP contribution in [0.25, 0.3) is 11.1 Å². The van der Waals surface area contributed by atoms with E-state index in [0.717, 1.165) is 11.1 Å². The molecule has 6 atom stereocenters. The summed E-state index contributed by atoms with van der Waals surface area (Å²) in [6.45, 7) is 0.617. The first kappa shape index (κ1) is 35.0. The maximum absolute atomic E-state index is 12.7. The van der Waals surface area contributed by atoms with Crippen molar-refractivity contribution < 1.29 is 49.1 Å². The second-order valence-corrected chi connectivity index (χ2v) is 11.6. The van der Waals surface area contributed by atoms with Gasteiger partial charge in [0.2, 0.25) is 11.8 Å². The number of aliphatic hydroxyl groups excluding tert-OH is 3. The van der Waals surface area contributed by atoms with Crippen molar-refractivity contribution in [3.05, 3.63) is 60.2 Å². The Bertz CT molecular complexity index is 1270. The largest absolute Gasteiger partial charge is 0.477 e.